The molecule has 0 amide bonds. The standard InChI is InChI=1S/C15H11IS2/c1-3-6-14-12(4-2)13-8-5-7-11(9-10-17-16)15(13)18-14/h3-8H,2H2,1H3/b6-3-. The van der Waals surface area contributed by atoms with E-state index in [9.17, 15) is 0 Å². The number of fused-ring (bicyclic) bond motifs is 1. The SMILES string of the molecule is C=Cc1c(/C=C\C)sc2c(C#CSI)cccc12. The van der Waals surface area contributed by atoms with Crippen LogP contribution >= 0.6 is 41.5 Å². The van der Waals surface area contributed by atoms with Gasteiger partial charge in [-0.05, 0) is 38.8 Å². The van der Waals surface area contributed by atoms with E-state index in [1.54, 1.807) is 11.3 Å². The van der Waals surface area contributed by atoms with Gasteiger partial charge in [-0.25, -0.2) is 0 Å². The smallest absolute Gasteiger partial charge is 0.0512 e. The first kappa shape index (κ1) is 13.7. The van der Waals surface area contributed by atoms with Gasteiger partial charge in [0, 0.05) is 37.0 Å². The molecule has 3 heteroatoms. The highest BCUT2D eigenvalue weighted by atomic mass is 127. The van der Waals surface area contributed by atoms with Crippen molar-refractivity contribution < 1.29 is 0 Å². The highest BCUT2D eigenvalue weighted by Crippen LogP contribution is 2.35. The lowest BCUT2D eigenvalue weighted by molar-refractivity contribution is 1.75. The minimum atomic E-state index is 1.10. The fraction of sp³-hybridized carbons (Fsp3) is 0.0667. The van der Waals surface area contributed by atoms with Crippen LogP contribution in [0.5, 0.6) is 0 Å². The highest BCUT2D eigenvalue weighted by Gasteiger charge is 2.09. The maximum absolute atomic E-state index is 3.92. The molecule has 0 atom stereocenters. The summed E-state index contributed by atoms with van der Waals surface area (Å²) in [6, 6.07) is 6.27. The lowest BCUT2D eigenvalue weighted by Crippen LogP contribution is -1.75. The first-order chi connectivity index (χ1) is 8.81. The maximum atomic E-state index is 3.92. The van der Waals surface area contributed by atoms with Gasteiger partial charge in [0.15, 0.2) is 0 Å². The predicted molar refractivity (Wildman–Crippen MR) is 95.1 cm³/mol. The molecule has 1 aromatic heterocycles. The summed E-state index contributed by atoms with van der Waals surface area (Å²) in [5.41, 5.74) is 2.30. The van der Waals surface area contributed by atoms with Crippen LogP contribution in [0, 0.1) is 11.2 Å². The molecule has 0 saturated heterocycles. The fourth-order valence-corrected chi connectivity index (χ4v) is 3.54. The molecule has 0 aliphatic carbocycles. The number of hydrogen-bond donors (Lipinski definition) is 0. The molecular weight excluding hydrogens is 371 g/mol. The lowest BCUT2D eigenvalue weighted by atomic mass is 10.1. The molecular formula is C15H11IS2. The van der Waals surface area contributed by atoms with Crippen LogP contribution in [-0.2, 0) is 0 Å². The van der Waals surface area contributed by atoms with Crippen molar-refractivity contribution in [1.29, 1.82) is 0 Å². The van der Waals surface area contributed by atoms with E-state index in [-0.39, 0.29) is 0 Å². The summed E-state index contributed by atoms with van der Waals surface area (Å²) in [7, 11) is 1.51. The van der Waals surface area contributed by atoms with E-state index < -0.39 is 0 Å². The summed E-state index contributed by atoms with van der Waals surface area (Å²) < 4.78 is 1.25. The van der Waals surface area contributed by atoms with Crippen LogP contribution in [-0.4, -0.2) is 0 Å². The average molecular weight is 382 g/mol. The molecule has 0 aliphatic heterocycles. The third kappa shape index (κ3) is 2.66. The second kappa shape index (κ2) is 6.46. The zero-order valence-corrected chi connectivity index (χ0v) is 13.7. The van der Waals surface area contributed by atoms with Crippen molar-refractivity contribution in [2.24, 2.45) is 0 Å². The first-order valence-electron chi connectivity index (χ1n) is 5.41. The van der Waals surface area contributed by atoms with Gasteiger partial charge in [0.2, 0.25) is 0 Å². The number of benzene rings is 1. The number of thiophene rings is 1. The molecule has 1 heterocycles. The molecule has 0 bridgehead atoms. The summed E-state index contributed by atoms with van der Waals surface area (Å²) in [6.45, 7) is 5.95. The predicted octanol–water partition coefficient (Wildman–Crippen LogP) is 5.97. The average Bonchev–Trinajstić information content (AvgIpc) is 2.74. The molecule has 2 aromatic rings. The van der Waals surface area contributed by atoms with Crippen LogP contribution in [0.2, 0.25) is 0 Å². The third-order valence-electron chi connectivity index (χ3n) is 2.53. The second-order valence-corrected chi connectivity index (χ2v) is 6.30. The molecule has 2 rings (SSSR count). The van der Waals surface area contributed by atoms with Gasteiger partial charge in [-0.3, -0.25) is 0 Å². The molecule has 0 unspecified atom stereocenters. The van der Waals surface area contributed by atoms with Crippen molar-refractivity contribution in [2.75, 3.05) is 0 Å². The molecule has 0 radical (unpaired) electrons. The van der Waals surface area contributed by atoms with Gasteiger partial charge in [0.1, 0.15) is 0 Å². The van der Waals surface area contributed by atoms with Gasteiger partial charge in [-0.1, -0.05) is 36.8 Å². The van der Waals surface area contributed by atoms with Gasteiger partial charge in [0.25, 0.3) is 0 Å². The Labute approximate surface area is 128 Å². The molecule has 0 aliphatic rings. The minimum Gasteiger partial charge on any atom is -0.134 e. The molecule has 0 spiro atoms. The largest absolute Gasteiger partial charge is 0.134 e. The van der Waals surface area contributed by atoms with Crippen molar-refractivity contribution in [1.82, 2.24) is 0 Å². The summed E-state index contributed by atoms with van der Waals surface area (Å²) in [5, 5.41) is 4.30. The molecule has 1 aromatic carbocycles. The Balaban J connectivity index is 2.74. The molecule has 90 valence electrons. The van der Waals surface area contributed by atoms with Crippen LogP contribution < -0.4 is 0 Å². The number of rotatable bonds is 2. The summed E-state index contributed by atoms with van der Waals surface area (Å²) in [4.78, 5) is 1.25. The lowest BCUT2D eigenvalue weighted by Gasteiger charge is -1.94. The van der Waals surface area contributed by atoms with Crippen LogP contribution in [0.15, 0.2) is 30.9 Å². The van der Waals surface area contributed by atoms with Crippen LogP contribution in [0.4, 0.5) is 0 Å². The van der Waals surface area contributed by atoms with E-state index in [2.05, 4.69) is 69.3 Å². The van der Waals surface area contributed by atoms with Gasteiger partial charge in [-0.15, -0.1) is 11.3 Å². The van der Waals surface area contributed by atoms with E-state index in [0.717, 1.165) is 5.56 Å². The van der Waals surface area contributed by atoms with Crippen LogP contribution in [0.3, 0.4) is 0 Å². The van der Waals surface area contributed by atoms with E-state index in [1.807, 2.05) is 13.0 Å². The van der Waals surface area contributed by atoms with Crippen molar-refractivity contribution in [3.05, 3.63) is 46.9 Å². The van der Waals surface area contributed by atoms with Gasteiger partial charge in [0.05, 0.1) is 4.70 Å². The Kier molecular flexibility index (Phi) is 4.93. The Hall–Kier alpha value is -0.700. The van der Waals surface area contributed by atoms with Gasteiger partial charge >= 0.3 is 0 Å². The van der Waals surface area contributed by atoms with Crippen molar-refractivity contribution in [3.63, 3.8) is 0 Å². The normalized spacial score (nSPS) is 10.6. The fourth-order valence-electron chi connectivity index (χ4n) is 1.82. The topological polar surface area (TPSA) is 0 Å². The summed E-state index contributed by atoms with van der Waals surface area (Å²) in [5.74, 6) is 3.20. The minimum absolute atomic E-state index is 1.10. The van der Waals surface area contributed by atoms with E-state index >= 15 is 0 Å². The zero-order chi connectivity index (χ0) is 13.0. The quantitative estimate of drug-likeness (QED) is 0.456. The summed E-state index contributed by atoms with van der Waals surface area (Å²) >= 11 is 3.97. The highest BCUT2D eigenvalue weighted by molar-refractivity contribution is 14.2. The second-order valence-electron chi connectivity index (χ2n) is 3.57. The Bertz CT molecular complexity index is 669. The van der Waals surface area contributed by atoms with E-state index in [0.29, 0.717) is 0 Å². The number of allylic oxidation sites excluding steroid dienone is 1. The van der Waals surface area contributed by atoms with Crippen molar-refractivity contribution in [2.45, 2.75) is 6.92 Å². The number of halogens is 1. The Morgan fingerprint density at radius 1 is 1.44 bits per heavy atom. The summed E-state index contributed by atoms with van der Waals surface area (Å²) in [6.07, 6.45) is 6.12. The first-order valence-corrected chi connectivity index (χ1v) is 9.58. The van der Waals surface area contributed by atoms with Crippen LogP contribution in [0.25, 0.3) is 22.2 Å². The van der Waals surface area contributed by atoms with Gasteiger partial charge in [-0.2, -0.15) is 0 Å². The van der Waals surface area contributed by atoms with Crippen molar-refractivity contribution in [3.8, 4) is 11.2 Å². The van der Waals surface area contributed by atoms with E-state index in [4.69, 9.17) is 0 Å². The molecule has 0 nitrogen and oxygen atoms in total. The van der Waals surface area contributed by atoms with Gasteiger partial charge < -0.3 is 0 Å². The third-order valence-corrected chi connectivity index (χ3v) is 4.59. The molecule has 0 fully saturated rings. The zero-order valence-electron chi connectivity index (χ0n) is 9.87. The Morgan fingerprint density at radius 2 is 2.28 bits per heavy atom. The Morgan fingerprint density at radius 3 is 2.94 bits per heavy atom. The van der Waals surface area contributed by atoms with E-state index in [1.165, 1.54) is 29.5 Å². The van der Waals surface area contributed by atoms with Crippen molar-refractivity contribution >= 4 is 63.7 Å². The molecule has 0 N–H and O–H groups in total. The molecule has 0 saturated carbocycles. The molecule has 18 heavy (non-hydrogen) atoms. The maximum Gasteiger partial charge on any atom is 0.0512 e. The monoisotopic (exact) mass is 382 g/mol. The number of hydrogen-bond acceptors (Lipinski definition) is 2. The van der Waals surface area contributed by atoms with Crippen LogP contribution in [0.1, 0.15) is 22.9 Å².